The van der Waals surface area contributed by atoms with E-state index in [1.807, 2.05) is 6.92 Å². The number of carbonyl (C=O) groups is 1. The summed E-state index contributed by atoms with van der Waals surface area (Å²) in [4.78, 5) is 16.8. The molecule has 1 heterocycles. The van der Waals surface area contributed by atoms with Crippen LogP contribution in [0.1, 0.15) is 12.7 Å². The van der Waals surface area contributed by atoms with E-state index in [0.29, 0.717) is 0 Å². The van der Waals surface area contributed by atoms with E-state index in [-0.39, 0.29) is 0 Å². The maximum atomic E-state index is 9.99. The SMILES string of the molecule is CC(=CC=O)c1ncc[nH]1. The number of aromatic nitrogens is 2. The Bertz CT molecular complexity index is 236. The number of allylic oxidation sites excluding steroid dienone is 2. The molecule has 52 valence electrons. The molecule has 0 aromatic carbocycles. The van der Waals surface area contributed by atoms with Gasteiger partial charge in [0.25, 0.3) is 0 Å². The number of rotatable bonds is 2. The second-order valence-corrected chi connectivity index (χ2v) is 1.92. The Morgan fingerprint density at radius 3 is 3.10 bits per heavy atom. The van der Waals surface area contributed by atoms with Gasteiger partial charge in [-0.2, -0.15) is 0 Å². The van der Waals surface area contributed by atoms with Crippen LogP contribution in [0.4, 0.5) is 0 Å². The first-order valence-corrected chi connectivity index (χ1v) is 2.96. The first-order valence-electron chi connectivity index (χ1n) is 2.96. The van der Waals surface area contributed by atoms with Crippen molar-refractivity contribution in [1.82, 2.24) is 9.97 Å². The minimum atomic E-state index is 0.743. The molecule has 1 N–H and O–H groups in total. The van der Waals surface area contributed by atoms with Gasteiger partial charge in [0, 0.05) is 12.4 Å². The molecule has 0 atom stereocenters. The van der Waals surface area contributed by atoms with Gasteiger partial charge in [-0.3, -0.25) is 4.79 Å². The fourth-order valence-corrected chi connectivity index (χ4v) is 0.662. The zero-order chi connectivity index (χ0) is 7.40. The summed E-state index contributed by atoms with van der Waals surface area (Å²) in [6.45, 7) is 1.83. The third-order valence-corrected chi connectivity index (χ3v) is 1.19. The minimum absolute atomic E-state index is 0.743. The molecule has 0 unspecified atom stereocenters. The maximum Gasteiger partial charge on any atom is 0.143 e. The predicted molar refractivity (Wildman–Crippen MR) is 38.3 cm³/mol. The average molecular weight is 136 g/mol. The van der Waals surface area contributed by atoms with Crippen molar-refractivity contribution in [3.8, 4) is 0 Å². The zero-order valence-electron chi connectivity index (χ0n) is 5.66. The summed E-state index contributed by atoms with van der Waals surface area (Å²) in [5.74, 6) is 0.743. The summed E-state index contributed by atoms with van der Waals surface area (Å²) in [5.41, 5.74) is 0.847. The number of imidazole rings is 1. The Kier molecular flexibility index (Phi) is 1.99. The Morgan fingerprint density at radius 1 is 1.80 bits per heavy atom. The fraction of sp³-hybridized carbons (Fsp3) is 0.143. The number of hydrogen-bond acceptors (Lipinski definition) is 2. The van der Waals surface area contributed by atoms with Gasteiger partial charge < -0.3 is 4.98 Å². The van der Waals surface area contributed by atoms with Crippen molar-refractivity contribution >= 4 is 11.9 Å². The molecule has 0 aliphatic rings. The second kappa shape index (κ2) is 2.96. The largest absolute Gasteiger partial charge is 0.345 e. The van der Waals surface area contributed by atoms with Crippen molar-refractivity contribution in [2.45, 2.75) is 6.92 Å². The number of H-pyrrole nitrogens is 1. The van der Waals surface area contributed by atoms with E-state index < -0.39 is 0 Å². The van der Waals surface area contributed by atoms with E-state index in [1.165, 1.54) is 6.08 Å². The summed E-state index contributed by atoms with van der Waals surface area (Å²) >= 11 is 0. The van der Waals surface area contributed by atoms with Crippen molar-refractivity contribution in [3.05, 3.63) is 24.3 Å². The Balaban J connectivity index is 2.86. The smallest absolute Gasteiger partial charge is 0.143 e. The lowest BCUT2D eigenvalue weighted by Gasteiger charge is -1.89. The van der Waals surface area contributed by atoms with Gasteiger partial charge in [0.05, 0.1) is 0 Å². The highest BCUT2D eigenvalue weighted by molar-refractivity contribution is 5.78. The van der Waals surface area contributed by atoms with Crippen molar-refractivity contribution in [2.24, 2.45) is 0 Å². The van der Waals surface area contributed by atoms with Gasteiger partial charge >= 0.3 is 0 Å². The van der Waals surface area contributed by atoms with Crippen molar-refractivity contribution in [1.29, 1.82) is 0 Å². The summed E-state index contributed by atoms with van der Waals surface area (Å²) in [6, 6.07) is 0. The first-order chi connectivity index (χ1) is 4.84. The molecule has 3 nitrogen and oxygen atoms in total. The highest BCUT2D eigenvalue weighted by atomic mass is 16.1. The second-order valence-electron chi connectivity index (χ2n) is 1.92. The molecule has 10 heavy (non-hydrogen) atoms. The summed E-state index contributed by atoms with van der Waals surface area (Å²) in [7, 11) is 0. The Hall–Kier alpha value is -1.38. The monoisotopic (exact) mass is 136 g/mol. The lowest BCUT2D eigenvalue weighted by atomic mass is 10.3. The Morgan fingerprint density at radius 2 is 2.60 bits per heavy atom. The molecule has 0 amide bonds. The van der Waals surface area contributed by atoms with E-state index in [9.17, 15) is 4.79 Å². The first kappa shape index (κ1) is 6.74. The molecule has 0 saturated carbocycles. The van der Waals surface area contributed by atoms with Crippen LogP contribution in [0.5, 0.6) is 0 Å². The molecular formula is C7H8N2O. The molecule has 1 aromatic heterocycles. The number of aromatic amines is 1. The highest BCUT2D eigenvalue weighted by Crippen LogP contribution is 2.04. The summed E-state index contributed by atoms with van der Waals surface area (Å²) in [6.07, 6.45) is 5.59. The topological polar surface area (TPSA) is 45.8 Å². The van der Waals surface area contributed by atoms with Gasteiger partial charge in [-0.1, -0.05) is 0 Å². The predicted octanol–water partition coefficient (Wildman–Crippen LogP) is 1.01. The number of aldehydes is 1. The van der Waals surface area contributed by atoms with Crippen LogP contribution >= 0.6 is 0 Å². The molecule has 1 rings (SSSR count). The van der Waals surface area contributed by atoms with E-state index in [1.54, 1.807) is 12.4 Å². The van der Waals surface area contributed by atoms with E-state index in [2.05, 4.69) is 9.97 Å². The van der Waals surface area contributed by atoms with E-state index in [0.717, 1.165) is 17.7 Å². The summed E-state index contributed by atoms with van der Waals surface area (Å²) < 4.78 is 0. The standard InChI is InChI=1S/C7H8N2O/c1-6(2-5-10)7-8-3-4-9-7/h2-5H,1H3,(H,8,9). The average Bonchev–Trinajstić information content (AvgIpc) is 2.38. The molecule has 1 aromatic rings. The van der Waals surface area contributed by atoms with E-state index >= 15 is 0 Å². The summed E-state index contributed by atoms with van der Waals surface area (Å²) in [5, 5.41) is 0. The van der Waals surface area contributed by atoms with Crippen LogP contribution in [0, 0.1) is 0 Å². The zero-order valence-corrected chi connectivity index (χ0v) is 5.66. The fourth-order valence-electron chi connectivity index (χ4n) is 0.662. The van der Waals surface area contributed by atoms with Crippen molar-refractivity contribution in [3.63, 3.8) is 0 Å². The number of nitrogens with one attached hydrogen (secondary N) is 1. The van der Waals surface area contributed by atoms with Gasteiger partial charge in [0.15, 0.2) is 0 Å². The normalized spacial score (nSPS) is 11.5. The molecule has 0 spiro atoms. The number of nitrogens with zero attached hydrogens (tertiary/aromatic N) is 1. The van der Waals surface area contributed by atoms with Gasteiger partial charge in [0.1, 0.15) is 12.1 Å². The molecule has 0 bridgehead atoms. The van der Waals surface area contributed by atoms with E-state index in [4.69, 9.17) is 0 Å². The van der Waals surface area contributed by atoms with Crippen LogP contribution in [0.15, 0.2) is 18.5 Å². The van der Waals surface area contributed by atoms with Gasteiger partial charge in [-0.25, -0.2) is 4.98 Å². The van der Waals surface area contributed by atoms with Crippen LogP contribution < -0.4 is 0 Å². The lowest BCUT2D eigenvalue weighted by molar-refractivity contribution is -0.104. The highest BCUT2D eigenvalue weighted by Gasteiger charge is 1.93. The molecule has 0 radical (unpaired) electrons. The van der Waals surface area contributed by atoms with Gasteiger partial charge in [0.2, 0.25) is 0 Å². The minimum Gasteiger partial charge on any atom is -0.345 e. The third kappa shape index (κ3) is 1.31. The van der Waals surface area contributed by atoms with Crippen LogP contribution in [0.25, 0.3) is 5.57 Å². The van der Waals surface area contributed by atoms with Crippen molar-refractivity contribution < 1.29 is 4.79 Å². The maximum absolute atomic E-state index is 9.99. The van der Waals surface area contributed by atoms with Crippen LogP contribution in [0.2, 0.25) is 0 Å². The molecule has 0 saturated heterocycles. The van der Waals surface area contributed by atoms with Gasteiger partial charge in [-0.05, 0) is 18.6 Å². The number of carbonyl (C=O) groups excluding carboxylic acids is 1. The number of hydrogen-bond donors (Lipinski definition) is 1. The van der Waals surface area contributed by atoms with Crippen LogP contribution in [-0.4, -0.2) is 16.3 Å². The molecule has 0 aliphatic carbocycles. The quantitative estimate of drug-likeness (QED) is 0.487. The molecule has 3 heteroatoms. The molecular weight excluding hydrogens is 128 g/mol. The molecule has 0 fully saturated rings. The Labute approximate surface area is 58.8 Å². The third-order valence-electron chi connectivity index (χ3n) is 1.19. The van der Waals surface area contributed by atoms with Gasteiger partial charge in [-0.15, -0.1) is 0 Å². The molecule has 0 aliphatic heterocycles. The van der Waals surface area contributed by atoms with Crippen molar-refractivity contribution in [2.75, 3.05) is 0 Å². The van der Waals surface area contributed by atoms with Crippen LogP contribution in [0.3, 0.4) is 0 Å². The lowest BCUT2D eigenvalue weighted by Crippen LogP contribution is -1.81. The van der Waals surface area contributed by atoms with Crippen LogP contribution in [-0.2, 0) is 4.79 Å².